The summed E-state index contributed by atoms with van der Waals surface area (Å²) in [6.45, 7) is 3.69. The summed E-state index contributed by atoms with van der Waals surface area (Å²) in [5.41, 5.74) is 2.08. The third-order valence-corrected chi connectivity index (χ3v) is 4.83. The number of carbonyl (C=O) groups is 2. The van der Waals surface area contributed by atoms with Gasteiger partial charge in [-0.1, -0.05) is 36.4 Å². The normalized spacial score (nSPS) is 14.6. The molecular formula is C21H26N4O2. The summed E-state index contributed by atoms with van der Waals surface area (Å²) >= 11 is 0. The van der Waals surface area contributed by atoms with Crippen molar-refractivity contribution in [1.82, 2.24) is 15.2 Å². The number of likely N-dealkylation sites (tertiary alicyclic amines) is 1. The van der Waals surface area contributed by atoms with Gasteiger partial charge in [-0.25, -0.2) is 9.78 Å². The molecule has 0 bridgehead atoms. The highest BCUT2D eigenvalue weighted by Crippen LogP contribution is 2.19. The summed E-state index contributed by atoms with van der Waals surface area (Å²) in [5, 5.41) is 5.85. The molecule has 3 amide bonds. The molecule has 1 aliphatic heterocycles. The summed E-state index contributed by atoms with van der Waals surface area (Å²) in [6, 6.07) is 15.6. The minimum atomic E-state index is -0.0827. The Morgan fingerprint density at radius 1 is 1.07 bits per heavy atom. The number of rotatable bonds is 5. The van der Waals surface area contributed by atoms with E-state index in [1.165, 1.54) is 5.56 Å². The van der Waals surface area contributed by atoms with Gasteiger partial charge in [0.05, 0.1) is 0 Å². The molecule has 27 heavy (non-hydrogen) atoms. The molecular weight excluding hydrogens is 340 g/mol. The van der Waals surface area contributed by atoms with Crippen LogP contribution >= 0.6 is 0 Å². The molecule has 2 N–H and O–H groups in total. The first-order valence-electron chi connectivity index (χ1n) is 9.43. The fourth-order valence-electron chi connectivity index (χ4n) is 3.26. The van der Waals surface area contributed by atoms with E-state index in [2.05, 4.69) is 27.8 Å². The summed E-state index contributed by atoms with van der Waals surface area (Å²) in [4.78, 5) is 30.8. The maximum absolute atomic E-state index is 12.4. The number of pyridine rings is 1. The second-order valence-corrected chi connectivity index (χ2v) is 6.88. The van der Waals surface area contributed by atoms with Gasteiger partial charge in [-0.3, -0.25) is 4.79 Å². The number of anilines is 1. The first kappa shape index (κ1) is 18.9. The maximum atomic E-state index is 12.4. The van der Waals surface area contributed by atoms with Crippen LogP contribution in [0.2, 0.25) is 0 Å². The number of hydrogen-bond donors (Lipinski definition) is 2. The van der Waals surface area contributed by atoms with Crippen molar-refractivity contribution in [3.63, 3.8) is 0 Å². The lowest BCUT2D eigenvalue weighted by Gasteiger charge is -2.31. The lowest BCUT2D eigenvalue weighted by Crippen LogP contribution is -2.46. The summed E-state index contributed by atoms with van der Waals surface area (Å²) in [5.74, 6) is 0.485. The Kier molecular flexibility index (Phi) is 6.41. The predicted octanol–water partition coefficient (Wildman–Crippen LogP) is 2.99. The lowest BCUT2D eigenvalue weighted by molar-refractivity contribution is -0.121. The van der Waals surface area contributed by atoms with Crippen LogP contribution in [0.25, 0.3) is 0 Å². The summed E-state index contributed by atoms with van der Waals surface area (Å²) in [6.07, 6.45) is 2.16. The molecule has 2 heterocycles. The van der Waals surface area contributed by atoms with Crippen molar-refractivity contribution in [1.29, 1.82) is 0 Å². The van der Waals surface area contributed by atoms with E-state index in [1.54, 1.807) is 11.0 Å². The number of benzene rings is 1. The van der Waals surface area contributed by atoms with E-state index in [0.717, 1.165) is 12.1 Å². The minimum Gasteiger partial charge on any atom is -0.338 e. The molecule has 0 aliphatic carbocycles. The Labute approximate surface area is 160 Å². The molecule has 0 atom stereocenters. The third-order valence-electron chi connectivity index (χ3n) is 4.83. The number of aryl methyl sites for hydroxylation is 1. The van der Waals surface area contributed by atoms with E-state index in [1.807, 2.05) is 37.3 Å². The first-order valence-corrected chi connectivity index (χ1v) is 9.43. The fraction of sp³-hybridized carbons (Fsp3) is 0.381. The number of hydrogen-bond acceptors (Lipinski definition) is 3. The predicted molar refractivity (Wildman–Crippen MR) is 105 cm³/mol. The molecule has 142 valence electrons. The smallest absolute Gasteiger partial charge is 0.317 e. The monoisotopic (exact) mass is 366 g/mol. The Morgan fingerprint density at radius 3 is 2.52 bits per heavy atom. The topological polar surface area (TPSA) is 74.3 Å². The molecule has 0 spiro atoms. The van der Waals surface area contributed by atoms with Crippen LogP contribution in [0, 0.1) is 12.8 Å². The molecule has 1 aromatic heterocycles. The van der Waals surface area contributed by atoms with Gasteiger partial charge in [-0.05, 0) is 43.9 Å². The number of urea groups is 1. The van der Waals surface area contributed by atoms with Gasteiger partial charge in [0.15, 0.2) is 0 Å². The average Bonchev–Trinajstić information content (AvgIpc) is 2.69. The fourth-order valence-corrected chi connectivity index (χ4v) is 3.26. The van der Waals surface area contributed by atoms with Gasteiger partial charge in [-0.2, -0.15) is 0 Å². The van der Waals surface area contributed by atoms with Crippen molar-refractivity contribution in [3.8, 4) is 0 Å². The van der Waals surface area contributed by atoms with Crippen molar-refractivity contribution in [3.05, 3.63) is 59.8 Å². The summed E-state index contributed by atoms with van der Waals surface area (Å²) in [7, 11) is 0. The van der Waals surface area contributed by atoms with Crippen molar-refractivity contribution < 1.29 is 9.59 Å². The molecule has 6 nitrogen and oxygen atoms in total. The number of piperidine rings is 1. The van der Waals surface area contributed by atoms with Crippen molar-refractivity contribution in [2.45, 2.75) is 26.2 Å². The number of nitrogens with zero attached hydrogens (tertiary/aromatic N) is 2. The molecule has 0 radical (unpaired) electrons. The zero-order valence-corrected chi connectivity index (χ0v) is 15.6. The Morgan fingerprint density at radius 2 is 1.81 bits per heavy atom. The van der Waals surface area contributed by atoms with Gasteiger partial charge < -0.3 is 15.5 Å². The molecule has 1 aliphatic rings. The van der Waals surface area contributed by atoms with Crippen molar-refractivity contribution in [2.24, 2.45) is 5.92 Å². The molecule has 0 saturated carbocycles. The quantitative estimate of drug-likeness (QED) is 0.854. The Balaban J connectivity index is 1.40. The van der Waals surface area contributed by atoms with Gasteiger partial charge in [0.25, 0.3) is 0 Å². The van der Waals surface area contributed by atoms with E-state index in [4.69, 9.17) is 0 Å². The van der Waals surface area contributed by atoms with Gasteiger partial charge in [0.2, 0.25) is 5.91 Å². The van der Waals surface area contributed by atoms with E-state index in [-0.39, 0.29) is 17.9 Å². The van der Waals surface area contributed by atoms with E-state index in [9.17, 15) is 9.59 Å². The first-order chi connectivity index (χ1) is 13.1. The number of amides is 3. The average molecular weight is 366 g/mol. The van der Waals surface area contributed by atoms with Crippen LogP contribution in [0.1, 0.15) is 24.1 Å². The minimum absolute atomic E-state index is 0.0164. The summed E-state index contributed by atoms with van der Waals surface area (Å²) < 4.78 is 0. The van der Waals surface area contributed by atoms with Crippen LogP contribution in [-0.4, -0.2) is 41.5 Å². The molecule has 3 rings (SSSR count). The third kappa shape index (κ3) is 5.54. The van der Waals surface area contributed by atoms with Crippen LogP contribution in [-0.2, 0) is 11.2 Å². The second kappa shape index (κ2) is 9.16. The van der Waals surface area contributed by atoms with Gasteiger partial charge >= 0.3 is 6.03 Å². The molecule has 2 aromatic rings. The maximum Gasteiger partial charge on any atom is 0.317 e. The number of carbonyl (C=O) groups excluding carboxylic acids is 2. The SMILES string of the molecule is Cc1cccc(NC(=O)C2CCN(C(=O)NCCc3ccccc3)CC2)n1. The molecule has 1 aromatic carbocycles. The van der Waals surface area contributed by atoms with Crippen LogP contribution in [0.3, 0.4) is 0 Å². The van der Waals surface area contributed by atoms with E-state index < -0.39 is 0 Å². The largest absolute Gasteiger partial charge is 0.338 e. The molecule has 1 fully saturated rings. The zero-order chi connectivity index (χ0) is 19.1. The van der Waals surface area contributed by atoms with Crippen molar-refractivity contribution >= 4 is 17.8 Å². The highest BCUT2D eigenvalue weighted by atomic mass is 16.2. The van der Waals surface area contributed by atoms with E-state index in [0.29, 0.717) is 38.3 Å². The molecule has 1 saturated heterocycles. The number of aromatic nitrogens is 1. The second-order valence-electron chi connectivity index (χ2n) is 6.88. The van der Waals surface area contributed by atoms with Gasteiger partial charge in [-0.15, -0.1) is 0 Å². The molecule has 6 heteroatoms. The van der Waals surface area contributed by atoms with Gasteiger partial charge in [0.1, 0.15) is 5.82 Å². The number of nitrogens with one attached hydrogen (secondary N) is 2. The Hall–Kier alpha value is -2.89. The van der Waals surface area contributed by atoms with Crippen LogP contribution in [0.4, 0.5) is 10.6 Å². The van der Waals surface area contributed by atoms with Crippen molar-refractivity contribution in [2.75, 3.05) is 25.0 Å². The zero-order valence-electron chi connectivity index (χ0n) is 15.6. The van der Waals surface area contributed by atoms with E-state index >= 15 is 0 Å². The lowest BCUT2D eigenvalue weighted by atomic mass is 9.96. The van der Waals surface area contributed by atoms with Crippen LogP contribution in [0.5, 0.6) is 0 Å². The Bertz CT molecular complexity index is 771. The standard InChI is InChI=1S/C21H26N4O2/c1-16-6-5-9-19(23-16)24-20(26)18-11-14-25(15-12-18)21(27)22-13-10-17-7-3-2-4-8-17/h2-9,18H,10-15H2,1H3,(H,22,27)(H,23,24,26). The van der Waals surface area contributed by atoms with Gasteiger partial charge in [0, 0.05) is 31.2 Å². The van der Waals surface area contributed by atoms with Crippen LogP contribution in [0.15, 0.2) is 48.5 Å². The highest BCUT2D eigenvalue weighted by Gasteiger charge is 2.27. The van der Waals surface area contributed by atoms with Crippen LogP contribution < -0.4 is 10.6 Å². The highest BCUT2D eigenvalue weighted by molar-refractivity contribution is 5.91. The molecule has 0 unspecified atom stereocenters.